The first kappa shape index (κ1) is 21.5. The summed E-state index contributed by atoms with van der Waals surface area (Å²) in [5.74, 6) is 1.03. The molecule has 33 heavy (non-hydrogen) atoms. The Morgan fingerprint density at radius 1 is 1.00 bits per heavy atom. The Bertz CT molecular complexity index is 1290. The van der Waals surface area contributed by atoms with Gasteiger partial charge in [0.1, 0.15) is 11.5 Å². The lowest BCUT2D eigenvalue weighted by Gasteiger charge is -2.35. The molecule has 168 valence electrons. The molecule has 5 rings (SSSR count). The van der Waals surface area contributed by atoms with Crippen LogP contribution in [-0.2, 0) is 13.5 Å². The van der Waals surface area contributed by atoms with Crippen LogP contribution in [0.1, 0.15) is 23.0 Å². The zero-order valence-corrected chi connectivity index (χ0v) is 19.7. The zero-order valence-electron chi connectivity index (χ0n) is 19.0. The van der Waals surface area contributed by atoms with E-state index in [4.69, 9.17) is 11.6 Å². The number of hydrogen-bond acceptors (Lipinski definition) is 3. The Morgan fingerprint density at radius 2 is 1.76 bits per heavy atom. The molecule has 0 bridgehead atoms. The molecule has 3 heterocycles. The number of benzene rings is 2. The maximum atomic E-state index is 13.9. The minimum atomic E-state index is 0.0670. The molecule has 6 heteroatoms. The van der Waals surface area contributed by atoms with Crippen LogP contribution in [0.2, 0.25) is 5.02 Å². The number of carbonyl (C=O) groups excluding carboxylic acids is 1. The number of fused-ring (bicyclic) bond motifs is 1. The van der Waals surface area contributed by atoms with E-state index in [2.05, 4.69) is 35.0 Å². The highest BCUT2D eigenvalue weighted by Crippen LogP contribution is 2.36. The average molecular weight is 459 g/mol. The molecule has 0 saturated carbocycles. The molecule has 1 saturated heterocycles. The van der Waals surface area contributed by atoms with Gasteiger partial charge in [-0.2, -0.15) is 0 Å². The molecule has 5 nitrogen and oxygen atoms in total. The number of aryl methyl sites for hydroxylation is 2. The number of piperazine rings is 1. The zero-order chi connectivity index (χ0) is 22.9. The Kier molecular flexibility index (Phi) is 5.81. The van der Waals surface area contributed by atoms with E-state index in [-0.39, 0.29) is 5.91 Å². The second-order valence-corrected chi connectivity index (χ2v) is 8.90. The van der Waals surface area contributed by atoms with Crippen molar-refractivity contribution in [1.29, 1.82) is 0 Å². The van der Waals surface area contributed by atoms with E-state index in [0.29, 0.717) is 18.1 Å². The van der Waals surface area contributed by atoms with Gasteiger partial charge in [-0.15, -0.1) is 0 Å². The van der Waals surface area contributed by atoms with Gasteiger partial charge in [-0.1, -0.05) is 42.8 Å². The summed E-state index contributed by atoms with van der Waals surface area (Å²) < 4.78 is 2.05. The smallest absolute Gasteiger partial charge is 0.271 e. The van der Waals surface area contributed by atoms with Crippen molar-refractivity contribution < 1.29 is 4.79 Å². The van der Waals surface area contributed by atoms with E-state index in [9.17, 15) is 4.79 Å². The van der Waals surface area contributed by atoms with Crippen LogP contribution >= 0.6 is 11.6 Å². The van der Waals surface area contributed by atoms with E-state index in [0.717, 1.165) is 53.1 Å². The number of aromatic nitrogens is 2. The van der Waals surface area contributed by atoms with Crippen molar-refractivity contribution in [2.24, 2.45) is 7.05 Å². The molecule has 0 spiro atoms. The number of hydrogen-bond donors (Lipinski definition) is 0. The maximum absolute atomic E-state index is 13.9. The Labute approximate surface area is 199 Å². The number of carbonyl (C=O) groups is 1. The van der Waals surface area contributed by atoms with Crippen LogP contribution in [0.3, 0.4) is 0 Å². The third-order valence-corrected chi connectivity index (χ3v) is 6.80. The molecule has 0 N–H and O–H groups in total. The van der Waals surface area contributed by atoms with Gasteiger partial charge in [0, 0.05) is 60.9 Å². The predicted molar refractivity (Wildman–Crippen MR) is 135 cm³/mol. The first-order valence-electron chi connectivity index (χ1n) is 11.4. The minimum absolute atomic E-state index is 0.0670. The number of nitrogens with zero attached hydrogens (tertiary/aromatic N) is 4. The molecule has 0 unspecified atom stereocenters. The summed E-state index contributed by atoms with van der Waals surface area (Å²) >= 11 is 6.17. The van der Waals surface area contributed by atoms with E-state index < -0.39 is 0 Å². The first-order chi connectivity index (χ1) is 16.1. The van der Waals surface area contributed by atoms with Crippen LogP contribution in [0.5, 0.6) is 0 Å². The Hall–Kier alpha value is -3.31. The van der Waals surface area contributed by atoms with E-state index >= 15 is 0 Å². The molecule has 1 aliphatic rings. The highest BCUT2D eigenvalue weighted by molar-refractivity contribution is 6.30. The van der Waals surface area contributed by atoms with Crippen molar-refractivity contribution in [2.75, 3.05) is 31.1 Å². The molecule has 1 amide bonds. The van der Waals surface area contributed by atoms with Gasteiger partial charge in [0.2, 0.25) is 0 Å². The monoisotopic (exact) mass is 458 g/mol. The highest BCUT2D eigenvalue weighted by atomic mass is 35.5. The summed E-state index contributed by atoms with van der Waals surface area (Å²) in [6.45, 7) is 5.01. The largest absolute Gasteiger partial charge is 0.353 e. The molecular formula is C27H27ClN4O. The van der Waals surface area contributed by atoms with Crippen molar-refractivity contribution in [1.82, 2.24) is 14.5 Å². The summed E-state index contributed by atoms with van der Waals surface area (Å²) in [4.78, 5) is 22.6. The van der Waals surface area contributed by atoms with Crippen molar-refractivity contribution in [3.63, 3.8) is 0 Å². The van der Waals surface area contributed by atoms with Crippen LogP contribution in [0.25, 0.3) is 22.0 Å². The summed E-state index contributed by atoms with van der Waals surface area (Å²) in [6.07, 6.45) is 2.76. The van der Waals surface area contributed by atoms with E-state index in [1.807, 2.05) is 65.2 Å². The van der Waals surface area contributed by atoms with Gasteiger partial charge in [-0.25, -0.2) is 4.98 Å². The molecule has 1 aliphatic heterocycles. The highest BCUT2D eigenvalue weighted by Gasteiger charge is 2.29. The van der Waals surface area contributed by atoms with Crippen LogP contribution in [-0.4, -0.2) is 46.5 Å². The lowest BCUT2D eigenvalue weighted by Crippen LogP contribution is -2.49. The third-order valence-electron chi connectivity index (χ3n) is 6.55. The Morgan fingerprint density at radius 3 is 2.42 bits per heavy atom. The second kappa shape index (κ2) is 8.91. The summed E-state index contributed by atoms with van der Waals surface area (Å²) in [5, 5.41) is 1.79. The molecular weight excluding hydrogens is 432 g/mol. The number of rotatable bonds is 4. The number of anilines is 1. The fourth-order valence-electron chi connectivity index (χ4n) is 4.70. The summed E-state index contributed by atoms with van der Waals surface area (Å²) in [5.41, 5.74) is 5.04. The summed E-state index contributed by atoms with van der Waals surface area (Å²) in [7, 11) is 1.99. The van der Waals surface area contributed by atoms with Gasteiger partial charge < -0.3 is 14.4 Å². The molecule has 0 radical (unpaired) electrons. The molecule has 1 fully saturated rings. The fourth-order valence-corrected chi connectivity index (χ4v) is 4.83. The number of halogens is 1. The average Bonchev–Trinajstić information content (AvgIpc) is 3.16. The third kappa shape index (κ3) is 3.98. The number of amides is 1. The van der Waals surface area contributed by atoms with Gasteiger partial charge in [-0.3, -0.25) is 4.79 Å². The minimum Gasteiger partial charge on any atom is -0.353 e. The van der Waals surface area contributed by atoms with Crippen LogP contribution in [0.15, 0.2) is 66.9 Å². The van der Waals surface area contributed by atoms with Gasteiger partial charge in [0.05, 0.1) is 0 Å². The maximum Gasteiger partial charge on any atom is 0.271 e. The van der Waals surface area contributed by atoms with Crippen LogP contribution in [0, 0.1) is 0 Å². The Balaban J connectivity index is 1.53. The predicted octanol–water partition coefficient (Wildman–Crippen LogP) is 5.42. The lowest BCUT2D eigenvalue weighted by atomic mass is 9.99. The van der Waals surface area contributed by atoms with Crippen molar-refractivity contribution in [3.05, 3.63) is 83.1 Å². The molecule has 2 aromatic heterocycles. The van der Waals surface area contributed by atoms with Gasteiger partial charge >= 0.3 is 0 Å². The lowest BCUT2D eigenvalue weighted by molar-refractivity contribution is 0.0738. The van der Waals surface area contributed by atoms with E-state index in [1.54, 1.807) is 0 Å². The first-order valence-corrected chi connectivity index (χ1v) is 11.8. The van der Waals surface area contributed by atoms with Gasteiger partial charge in [0.15, 0.2) is 0 Å². The van der Waals surface area contributed by atoms with E-state index in [1.165, 1.54) is 5.56 Å². The molecule has 2 aromatic carbocycles. The fraction of sp³-hybridized carbons (Fsp3) is 0.259. The standard InChI is InChI=1S/C27H27ClN4O/c1-3-19-7-12-23-22(18-19)25(20-8-10-21(28)11-9-20)26(30(23)2)27(33)32-16-14-31(15-17-32)24-6-4-5-13-29-24/h4-13,18H,3,14-17H2,1-2H3. The molecule has 4 aromatic rings. The topological polar surface area (TPSA) is 41.4 Å². The normalized spacial score (nSPS) is 14.2. The van der Waals surface area contributed by atoms with Gasteiger partial charge in [-0.05, 0) is 53.9 Å². The van der Waals surface area contributed by atoms with Crippen molar-refractivity contribution >= 4 is 34.2 Å². The molecule has 0 aliphatic carbocycles. The van der Waals surface area contributed by atoms with Crippen LogP contribution < -0.4 is 4.90 Å². The summed E-state index contributed by atoms with van der Waals surface area (Å²) in [6, 6.07) is 20.2. The number of pyridine rings is 1. The molecule has 0 atom stereocenters. The second-order valence-electron chi connectivity index (χ2n) is 8.46. The SMILES string of the molecule is CCc1ccc2c(c1)c(-c1ccc(Cl)cc1)c(C(=O)N1CCN(c3ccccn3)CC1)n2C. The van der Waals surface area contributed by atoms with Crippen molar-refractivity contribution in [2.45, 2.75) is 13.3 Å². The quantitative estimate of drug-likeness (QED) is 0.410. The van der Waals surface area contributed by atoms with Crippen LogP contribution in [0.4, 0.5) is 5.82 Å². The van der Waals surface area contributed by atoms with Crippen molar-refractivity contribution in [3.8, 4) is 11.1 Å². The van der Waals surface area contributed by atoms with Gasteiger partial charge in [0.25, 0.3) is 5.91 Å².